The van der Waals surface area contributed by atoms with Gasteiger partial charge in [0.05, 0.1) is 25.2 Å². The molecule has 0 aromatic heterocycles. The normalized spacial score (nSPS) is 25.4. The predicted octanol–water partition coefficient (Wildman–Crippen LogP) is 5.21. The maximum Gasteiger partial charge on any atom is 0.338 e. The van der Waals surface area contributed by atoms with E-state index in [-0.39, 0.29) is 36.9 Å². The summed E-state index contributed by atoms with van der Waals surface area (Å²) >= 11 is 0. The molecule has 1 saturated carbocycles. The first kappa shape index (κ1) is 25.3. The molecule has 2 heterocycles. The molecule has 7 nitrogen and oxygen atoms in total. The van der Waals surface area contributed by atoms with E-state index in [1.807, 2.05) is 84.9 Å². The largest absolute Gasteiger partial charge is 0.488 e. The Morgan fingerprint density at radius 1 is 0.897 bits per heavy atom. The van der Waals surface area contributed by atoms with Crippen molar-refractivity contribution in [3.05, 3.63) is 103 Å². The monoisotopic (exact) mass is 526 g/mol. The fourth-order valence-corrected chi connectivity index (χ4v) is 5.58. The lowest BCUT2D eigenvalue weighted by atomic mass is 9.91. The van der Waals surface area contributed by atoms with Gasteiger partial charge in [0.2, 0.25) is 5.79 Å². The highest BCUT2D eigenvalue weighted by atomic mass is 16.8. The first-order valence-electron chi connectivity index (χ1n) is 13.3. The molecule has 200 valence electrons. The van der Waals surface area contributed by atoms with Crippen LogP contribution in [0, 0.1) is 11.8 Å². The van der Waals surface area contributed by atoms with Crippen LogP contribution in [-0.4, -0.2) is 49.8 Å². The SMILES string of the molecule is O=C1C[C@H]2[C@H](/C=C/C3(COc4ccccc4)OCCO3)[C@@H](OC(=O)c3ccc(-c4ccccc4)cc3)C[C@@H]2O1. The second kappa shape index (κ2) is 11.0. The molecule has 0 unspecified atom stereocenters. The van der Waals surface area contributed by atoms with Crippen LogP contribution >= 0.6 is 0 Å². The van der Waals surface area contributed by atoms with E-state index in [4.69, 9.17) is 23.7 Å². The maximum absolute atomic E-state index is 13.1. The first-order valence-corrected chi connectivity index (χ1v) is 13.3. The van der Waals surface area contributed by atoms with Crippen LogP contribution in [0.2, 0.25) is 0 Å². The van der Waals surface area contributed by atoms with Gasteiger partial charge in [0.25, 0.3) is 0 Å². The van der Waals surface area contributed by atoms with Crippen LogP contribution < -0.4 is 4.74 Å². The van der Waals surface area contributed by atoms with E-state index in [0.29, 0.717) is 30.9 Å². The number of carbonyl (C=O) groups is 2. The molecular formula is C32H30O7. The van der Waals surface area contributed by atoms with Crippen LogP contribution in [0.3, 0.4) is 0 Å². The van der Waals surface area contributed by atoms with Crippen LogP contribution in [0.15, 0.2) is 97.1 Å². The molecule has 2 aliphatic heterocycles. The molecule has 3 aliphatic rings. The zero-order valence-electron chi connectivity index (χ0n) is 21.4. The summed E-state index contributed by atoms with van der Waals surface area (Å²) in [5.74, 6) is -1.28. The third kappa shape index (κ3) is 5.60. The van der Waals surface area contributed by atoms with Gasteiger partial charge in [0.15, 0.2) is 0 Å². The number of hydrogen-bond donors (Lipinski definition) is 0. The lowest BCUT2D eigenvalue weighted by Crippen LogP contribution is -2.36. The molecule has 7 heteroatoms. The zero-order valence-corrected chi connectivity index (χ0v) is 21.4. The molecule has 6 rings (SSSR count). The predicted molar refractivity (Wildman–Crippen MR) is 143 cm³/mol. The topological polar surface area (TPSA) is 80.3 Å². The standard InChI is InChI=1S/C32H30O7/c33-30-19-27-26(15-16-32(36-17-18-37-32)21-35-25-9-5-2-6-10-25)28(20-29(27)38-30)39-31(34)24-13-11-23(12-14-24)22-7-3-1-4-8-22/h1-16,26-29H,17-21H2/b16-15+/t26-,27-,28-,29-/m0/s1. The second-order valence-electron chi connectivity index (χ2n) is 10.1. The van der Waals surface area contributed by atoms with E-state index < -0.39 is 17.9 Å². The van der Waals surface area contributed by atoms with Gasteiger partial charge in [-0.1, -0.05) is 66.7 Å². The van der Waals surface area contributed by atoms with Gasteiger partial charge in [-0.15, -0.1) is 0 Å². The molecule has 3 aromatic rings. The summed E-state index contributed by atoms with van der Waals surface area (Å²) < 4.78 is 29.4. The van der Waals surface area contributed by atoms with Gasteiger partial charge in [-0.3, -0.25) is 4.79 Å². The average Bonchev–Trinajstić information content (AvgIpc) is 3.67. The Labute approximate surface area is 227 Å². The average molecular weight is 527 g/mol. The molecule has 3 aromatic carbocycles. The van der Waals surface area contributed by atoms with Crippen LogP contribution in [-0.2, 0) is 23.7 Å². The van der Waals surface area contributed by atoms with Crippen molar-refractivity contribution in [3.8, 4) is 16.9 Å². The van der Waals surface area contributed by atoms with Gasteiger partial charge in [-0.2, -0.15) is 0 Å². The molecule has 0 spiro atoms. The van der Waals surface area contributed by atoms with Crippen molar-refractivity contribution in [2.45, 2.75) is 30.8 Å². The second-order valence-corrected chi connectivity index (χ2v) is 10.1. The van der Waals surface area contributed by atoms with E-state index in [2.05, 4.69) is 0 Å². The molecular weight excluding hydrogens is 496 g/mol. The Morgan fingerprint density at radius 2 is 1.56 bits per heavy atom. The molecule has 0 N–H and O–H groups in total. The van der Waals surface area contributed by atoms with Crippen molar-refractivity contribution < 1.29 is 33.3 Å². The van der Waals surface area contributed by atoms with E-state index in [9.17, 15) is 9.59 Å². The number of hydrogen-bond acceptors (Lipinski definition) is 7. The summed E-state index contributed by atoms with van der Waals surface area (Å²) in [4.78, 5) is 25.2. The van der Waals surface area contributed by atoms with Gasteiger partial charge in [-0.25, -0.2) is 4.79 Å². The lowest BCUT2D eigenvalue weighted by molar-refractivity contribution is -0.141. The first-order chi connectivity index (χ1) is 19.1. The van der Waals surface area contributed by atoms with Crippen LogP contribution in [0.25, 0.3) is 11.1 Å². The van der Waals surface area contributed by atoms with E-state index in [1.165, 1.54) is 0 Å². The Hall–Kier alpha value is -3.94. The fourth-order valence-electron chi connectivity index (χ4n) is 5.58. The van der Waals surface area contributed by atoms with Crippen molar-refractivity contribution in [1.82, 2.24) is 0 Å². The minimum absolute atomic E-state index is 0.0829. The number of ether oxygens (including phenoxy) is 5. The summed E-state index contributed by atoms with van der Waals surface area (Å²) in [5.41, 5.74) is 2.58. The fraction of sp³-hybridized carbons (Fsp3) is 0.312. The molecule has 0 radical (unpaired) electrons. The van der Waals surface area contributed by atoms with Crippen LogP contribution in [0.5, 0.6) is 5.75 Å². The van der Waals surface area contributed by atoms with Gasteiger partial charge in [-0.05, 0) is 41.5 Å². The third-order valence-electron chi connectivity index (χ3n) is 7.57. The Balaban J connectivity index is 1.17. The number of para-hydroxylation sites is 1. The van der Waals surface area contributed by atoms with Crippen molar-refractivity contribution in [1.29, 1.82) is 0 Å². The van der Waals surface area contributed by atoms with E-state index in [0.717, 1.165) is 11.1 Å². The van der Waals surface area contributed by atoms with Gasteiger partial charge in [0, 0.05) is 18.3 Å². The Bertz CT molecular complexity index is 1310. The van der Waals surface area contributed by atoms with Crippen LogP contribution in [0.4, 0.5) is 0 Å². The van der Waals surface area contributed by atoms with Crippen molar-refractivity contribution in [2.24, 2.45) is 11.8 Å². The van der Waals surface area contributed by atoms with Crippen molar-refractivity contribution in [3.63, 3.8) is 0 Å². The van der Waals surface area contributed by atoms with Crippen molar-refractivity contribution in [2.75, 3.05) is 19.8 Å². The molecule has 0 amide bonds. The minimum atomic E-state index is -1.06. The molecule has 0 bridgehead atoms. The number of benzene rings is 3. The van der Waals surface area contributed by atoms with Gasteiger partial charge >= 0.3 is 11.9 Å². The zero-order chi connectivity index (χ0) is 26.7. The third-order valence-corrected chi connectivity index (χ3v) is 7.57. The summed E-state index contributed by atoms with van der Waals surface area (Å²) in [6.45, 7) is 1.05. The number of esters is 2. The number of rotatable bonds is 8. The molecule has 4 atom stereocenters. The highest BCUT2D eigenvalue weighted by Gasteiger charge is 2.51. The Kier molecular flexibility index (Phi) is 7.18. The summed E-state index contributed by atoms with van der Waals surface area (Å²) in [5, 5.41) is 0. The quantitative estimate of drug-likeness (QED) is 0.295. The highest BCUT2D eigenvalue weighted by Crippen LogP contribution is 2.44. The maximum atomic E-state index is 13.1. The van der Waals surface area contributed by atoms with Crippen molar-refractivity contribution >= 4 is 11.9 Å². The smallest absolute Gasteiger partial charge is 0.338 e. The molecule has 2 saturated heterocycles. The number of fused-ring (bicyclic) bond motifs is 1. The lowest BCUT2D eigenvalue weighted by Gasteiger charge is -2.26. The minimum Gasteiger partial charge on any atom is -0.488 e. The summed E-state index contributed by atoms with van der Waals surface area (Å²) in [6.07, 6.45) is 3.80. The van der Waals surface area contributed by atoms with Gasteiger partial charge < -0.3 is 23.7 Å². The summed E-state index contributed by atoms with van der Waals surface area (Å²) in [7, 11) is 0. The summed E-state index contributed by atoms with van der Waals surface area (Å²) in [6, 6.07) is 26.8. The van der Waals surface area contributed by atoms with Crippen LogP contribution in [0.1, 0.15) is 23.2 Å². The highest BCUT2D eigenvalue weighted by molar-refractivity contribution is 5.90. The molecule has 3 fully saturated rings. The van der Waals surface area contributed by atoms with E-state index >= 15 is 0 Å². The molecule has 39 heavy (non-hydrogen) atoms. The Morgan fingerprint density at radius 3 is 2.28 bits per heavy atom. The number of carbonyl (C=O) groups excluding carboxylic acids is 2. The van der Waals surface area contributed by atoms with E-state index in [1.54, 1.807) is 12.1 Å². The molecule has 1 aliphatic carbocycles. The van der Waals surface area contributed by atoms with Gasteiger partial charge in [0.1, 0.15) is 24.6 Å².